The van der Waals surface area contributed by atoms with Crippen molar-refractivity contribution >= 4 is 33.4 Å². The Balaban J connectivity index is 1.30. The molecule has 4 aromatic rings. The minimum absolute atomic E-state index is 0.0283. The van der Waals surface area contributed by atoms with Crippen molar-refractivity contribution in [3.05, 3.63) is 99.8 Å². The lowest BCUT2D eigenvalue weighted by Crippen LogP contribution is -2.52. The maximum atomic E-state index is 12.1. The molecule has 2 heterocycles. The first kappa shape index (κ1) is 43.4. The van der Waals surface area contributed by atoms with E-state index in [1.807, 2.05) is 38.1 Å². The van der Waals surface area contributed by atoms with Gasteiger partial charge in [-0.2, -0.15) is 0 Å². The van der Waals surface area contributed by atoms with Crippen LogP contribution in [0.5, 0.6) is 17.2 Å². The van der Waals surface area contributed by atoms with Gasteiger partial charge in [0.05, 0.1) is 36.2 Å². The summed E-state index contributed by atoms with van der Waals surface area (Å²) in [5, 5.41) is 22.6. The molecule has 0 radical (unpaired) electrons. The SMILES string of the molecule is COC(=O)[C@@H]1CCN(CCCOc2cccc(-c3cccc(COc4cc(OCc5cncc(S(C)(=O)=O)c5)c(CN[C@](C)(CO)C(=O)O)cc4Cl)c3C)c2C)C1. The van der Waals surface area contributed by atoms with Crippen molar-refractivity contribution < 1.29 is 47.2 Å². The molecule has 0 spiro atoms. The summed E-state index contributed by atoms with van der Waals surface area (Å²) in [6.45, 7) is 7.83. The molecule has 57 heavy (non-hydrogen) atoms. The van der Waals surface area contributed by atoms with Gasteiger partial charge in [-0.25, -0.2) is 8.42 Å². The molecule has 0 amide bonds. The van der Waals surface area contributed by atoms with Crippen LogP contribution in [0.2, 0.25) is 5.02 Å². The summed E-state index contributed by atoms with van der Waals surface area (Å²) < 4.78 is 47.8. The van der Waals surface area contributed by atoms with E-state index in [1.165, 1.54) is 32.5 Å². The molecule has 1 aliphatic rings. The number of aliphatic carboxylic acids is 1. The number of carbonyl (C=O) groups excluding carboxylic acids is 1. The number of carbonyl (C=O) groups is 2. The van der Waals surface area contributed by atoms with Crippen molar-refractivity contribution in [2.24, 2.45) is 5.92 Å². The number of nitrogens with zero attached hydrogens (tertiary/aromatic N) is 2. The summed E-state index contributed by atoms with van der Waals surface area (Å²) in [7, 11) is -2.07. The summed E-state index contributed by atoms with van der Waals surface area (Å²) in [4.78, 5) is 30.1. The lowest BCUT2D eigenvalue weighted by Gasteiger charge is -2.25. The van der Waals surface area contributed by atoms with Crippen molar-refractivity contribution in [1.82, 2.24) is 15.2 Å². The first-order chi connectivity index (χ1) is 27.1. The largest absolute Gasteiger partial charge is 0.493 e. The summed E-state index contributed by atoms with van der Waals surface area (Å²) in [6, 6.07) is 16.7. The molecule has 1 aromatic heterocycles. The maximum Gasteiger partial charge on any atom is 0.326 e. The number of pyridine rings is 1. The maximum absolute atomic E-state index is 12.1. The number of ether oxygens (including phenoxy) is 4. The lowest BCUT2D eigenvalue weighted by molar-refractivity contribution is -0.146. The monoisotopic (exact) mass is 823 g/mol. The second-order valence-corrected chi connectivity index (χ2v) is 16.9. The number of benzene rings is 3. The van der Waals surface area contributed by atoms with Gasteiger partial charge in [-0.3, -0.25) is 19.9 Å². The number of methoxy groups -OCH3 is 1. The van der Waals surface area contributed by atoms with Gasteiger partial charge in [0.1, 0.15) is 36.0 Å². The van der Waals surface area contributed by atoms with Crippen LogP contribution in [0.1, 0.15) is 47.6 Å². The van der Waals surface area contributed by atoms with E-state index in [1.54, 1.807) is 12.1 Å². The van der Waals surface area contributed by atoms with Crippen LogP contribution in [0.25, 0.3) is 11.1 Å². The molecule has 0 unspecified atom stereocenters. The first-order valence-electron chi connectivity index (χ1n) is 18.6. The van der Waals surface area contributed by atoms with Crippen molar-refractivity contribution in [2.75, 3.05) is 46.2 Å². The van der Waals surface area contributed by atoms with Gasteiger partial charge in [0.15, 0.2) is 9.84 Å². The minimum Gasteiger partial charge on any atom is -0.493 e. The third-order valence-corrected chi connectivity index (χ3v) is 11.6. The van der Waals surface area contributed by atoms with E-state index in [4.69, 9.17) is 30.5 Å². The Bertz CT molecular complexity index is 2180. The van der Waals surface area contributed by atoms with Crippen molar-refractivity contribution in [1.29, 1.82) is 0 Å². The quantitative estimate of drug-likeness (QED) is 0.0769. The average Bonchev–Trinajstić information content (AvgIpc) is 3.67. The molecule has 3 N–H and O–H groups in total. The Morgan fingerprint density at radius 3 is 2.39 bits per heavy atom. The topological polar surface area (TPSA) is 174 Å². The molecule has 1 fully saturated rings. The van der Waals surface area contributed by atoms with E-state index in [-0.39, 0.29) is 41.6 Å². The molecule has 15 heteroatoms. The predicted molar refractivity (Wildman–Crippen MR) is 215 cm³/mol. The van der Waals surface area contributed by atoms with Crippen LogP contribution in [0.4, 0.5) is 0 Å². The van der Waals surface area contributed by atoms with E-state index in [0.29, 0.717) is 35.8 Å². The van der Waals surface area contributed by atoms with E-state index >= 15 is 0 Å². The number of aliphatic hydroxyl groups is 1. The van der Waals surface area contributed by atoms with Crippen molar-refractivity contribution in [3.63, 3.8) is 0 Å². The number of carboxylic acids is 1. The van der Waals surface area contributed by atoms with Gasteiger partial charge in [-0.05, 0) is 86.2 Å². The van der Waals surface area contributed by atoms with E-state index in [9.17, 15) is 28.2 Å². The Morgan fingerprint density at radius 2 is 1.68 bits per heavy atom. The van der Waals surface area contributed by atoms with Crippen molar-refractivity contribution in [3.8, 4) is 28.4 Å². The number of hydrogen-bond donors (Lipinski definition) is 3. The lowest BCUT2D eigenvalue weighted by atomic mass is 9.93. The van der Waals surface area contributed by atoms with Gasteiger partial charge in [0, 0.05) is 55.5 Å². The highest BCUT2D eigenvalue weighted by Gasteiger charge is 2.32. The van der Waals surface area contributed by atoms with Crippen molar-refractivity contribution in [2.45, 2.75) is 63.8 Å². The van der Waals surface area contributed by atoms with Gasteiger partial charge in [-0.15, -0.1) is 0 Å². The highest BCUT2D eigenvalue weighted by atomic mass is 35.5. The summed E-state index contributed by atoms with van der Waals surface area (Å²) in [5.41, 5.74) is 4.34. The number of likely N-dealkylation sites (tertiary alicyclic amines) is 1. The predicted octanol–water partition coefficient (Wildman–Crippen LogP) is 5.77. The van der Waals surface area contributed by atoms with Gasteiger partial charge in [-0.1, -0.05) is 41.9 Å². The molecular weight excluding hydrogens is 774 g/mol. The fraction of sp³-hybridized carbons (Fsp3) is 0.405. The highest BCUT2D eigenvalue weighted by Crippen LogP contribution is 2.36. The number of rotatable bonds is 19. The van der Waals surface area contributed by atoms with E-state index in [0.717, 1.165) is 65.8 Å². The Kier molecular flexibility index (Phi) is 14.6. The average molecular weight is 824 g/mol. The molecule has 5 rings (SSSR count). The van der Waals surface area contributed by atoms with Crippen LogP contribution < -0.4 is 19.5 Å². The smallest absolute Gasteiger partial charge is 0.326 e. The van der Waals surface area contributed by atoms with Gasteiger partial charge >= 0.3 is 11.9 Å². The third kappa shape index (κ3) is 11.0. The second kappa shape index (κ2) is 19.1. The number of esters is 1. The van der Waals surface area contributed by atoms with Crippen LogP contribution in [-0.4, -0.2) is 92.2 Å². The number of aliphatic hydroxyl groups excluding tert-OH is 1. The van der Waals surface area contributed by atoms with Gasteiger partial charge in [0.2, 0.25) is 0 Å². The molecular formula is C42H50ClN3O10S. The highest BCUT2D eigenvalue weighted by molar-refractivity contribution is 7.90. The molecule has 0 bridgehead atoms. The fourth-order valence-electron chi connectivity index (χ4n) is 6.57. The second-order valence-electron chi connectivity index (χ2n) is 14.4. The van der Waals surface area contributed by atoms with Gasteiger partial charge < -0.3 is 34.1 Å². The van der Waals surface area contributed by atoms with E-state index < -0.39 is 28.0 Å². The zero-order valence-electron chi connectivity index (χ0n) is 32.8. The molecule has 13 nitrogen and oxygen atoms in total. The third-order valence-electron chi connectivity index (χ3n) is 10.3. The van der Waals surface area contributed by atoms with Crippen LogP contribution >= 0.6 is 11.6 Å². The zero-order chi connectivity index (χ0) is 41.3. The molecule has 1 saturated heterocycles. The van der Waals surface area contributed by atoms with Crippen LogP contribution in [0.3, 0.4) is 0 Å². The number of sulfone groups is 1. The number of hydrogen-bond acceptors (Lipinski definition) is 12. The molecule has 3 aromatic carbocycles. The molecule has 1 aliphatic heterocycles. The number of halogens is 1. The Hall–Kier alpha value is -4.73. The molecule has 0 aliphatic carbocycles. The summed E-state index contributed by atoms with van der Waals surface area (Å²) in [6.07, 6.45) is 5.49. The van der Waals surface area contributed by atoms with Crippen LogP contribution in [0, 0.1) is 19.8 Å². The molecule has 2 atom stereocenters. The summed E-state index contributed by atoms with van der Waals surface area (Å²) in [5.74, 6) is -0.0185. The van der Waals surface area contributed by atoms with Gasteiger partial charge in [0.25, 0.3) is 0 Å². The number of aromatic nitrogens is 1. The summed E-state index contributed by atoms with van der Waals surface area (Å²) >= 11 is 6.74. The number of nitrogens with one attached hydrogen (secondary N) is 1. The Morgan fingerprint density at radius 1 is 0.965 bits per heavy atom. The van der Waals surface area contributed by atoms with E-state index in [2.05, 4.69) is 27.3 Å². The standard InChI is InChI=1S/C42H50ClN3O10S/c1-27-31(9-6-10-34(27)35-11-7-12-37(28(35)2)54-16-8-14-46-15-13-30(23-46)40(48)53-4)25-56-39-19-38(55-24-29-17-33(22-44-20-29)57(5,51)52)32(18-36(39)43)21-45-42(3,26-47)41(49)50/h6-7,9-12,17-20,22,30,45,47H,8,13-16,21,23-26H2,1-5H3,(H,49,50)/t30-,42-/m1/s1. The zero-order valence-corrected chi connectivity index (χ0v) is 34.4. The normalized spacial score (nSPS) is 15.5. The first-order valence-corrected chi connectivity index (χ1v) is 20.8. The fourth-order valence-corrected chi connectivity index (χ4v) is 7.43. The Labute approximate surface area is 338 Å². The minimum atomic E-state index is -3.50. The molecule has 306 valence electrons. The molecule has 0 saturated carbocycles. The van der Waals surface area contributed by atoms with Crippen LogP contribution in [-0.2, 0) is 43.9 Å². The number of carboxylic acid groups (broad SMARTS) is 1. The van der Waals surface area contributed by atoms with Crippen LogP contribution in [0.15, 0.2) is 71.9 Å².